The van der Waals surface area contributed by atoms with E-state index in [9.17, 15) is 10.1 Å². The summed E-state index contributed by atoms with van der Waals surface area (Å²) in [5, 5.41) is 12.6. The Hall–Kier alpha value is -1.08. The normalized spacial score (nSPS) is 45.3. The number of fused-ring (bicyclic) bond motifs is 2. The van der Waals surface area contributed by atoms with Crippen molar-refractivity contribution in [3.63, 3.8) is 0 Å². The van der Waals surface area contributed by atoms with Gasteiger partial charge in [-0.3, -0.25) is 4.79 Å². The summed E-state index contributed by atoms with van der Waals surface area (Å²) >= 11 is 0. The fourth-order valence-electron chi connectivity index (χ4n) is 4.73. The molecule has 2 aliphatic heterocycles. The van der Waals surface area contributed by atoms with Crippen LogP contribution in [0.25, 0.3) is 0 Å². The second-order valence-corrected chi connectivity index (χ2v) is 6.87. The van der Waals surface area contributed by atoms with E-state index >= 15 is 0 Å². The first-order chi connectivity index (χ1) is 9.19. The Labute approximate surface area is 113 Å². The molecular formula is C15H20N2O2. The second kappa shape index (κ2) is 3.73. The summed E-state index contributed by atoms with van der Waals surface area (Å²) in [5.74, 6) is -0.0157. The molecule has 4 fully saturated rings. The van der Waals surface area contributed by atoms with Crippen molar-refractivity contribution in [1.29, 1.82) is 5.26 Å². The molecule has 2 saturated heterocycles. The smallest absolute Gasteiger partial charge is 0.241 e. The van der Waals surface area contributed by atoms with E-state index in [0.717, 1.165) is 38.5 Å². The Morgan fingerprint density at radius 3 is 2.68 bits per heavy atom. The highest BCUT2D eigenvalue weighted by Crippen LogP contribution is 2.71. The van der Waals surface area contributed by atoms with Gasteiger partial charge in [-0.2, -0.15) is 5.26 Å². The van der Waals surface area contributed by atoms with Crippen LogP contribution in [0.4, 0.5) is 0 Å². The molecule has 19 heavy (non-hydrogen) atoms. The SMILES string of the molecule is N#C[C@]1(C(=O)N[C@@H]2C[C@H]3CC[C@H]2O3)CC12CCCC2. The van der Waals surface area contributed by atoms with Crippen molar-refractivity contribution in [3.8, 4) is 6.07 Å². The number of amides is 1. The molecule has 4 rings (SSSR count). The van der Waals surface area contributed by atoms with Gasteiger partial charge in [0.1, 0.15) is 5.41 Å². The van der Waals surface area contributed by atoms with Crippen molar-refractivity contribution < 1.29 is 9.53 Å². The minimum atomic E-state index is -0.717. The minimum Gasteiger partial charge on any atom is -0.373 e. The van der Waals surface area contributed by atoms with Crippen LogP contribution in [0.2, 0.25) is 0 Å². The lowest BCUT2D eigenvalue weighted by atomic mass is 9.90. The zero-order chi connectivity index (χ0) is 13.1. The summed E-state index contributed by atoms with van der Waals surface area (Å²) in [6.45, 7) is 0. The van der Waals surface area contributed by atoms with Gasteiger partial charge in [-0.25, -0.2) is 0 Å². The summed E-state index contributed by atoms with van der Waals surface area (Å²) in [5.41, 5.74) is -0.699. The van der Waals surface area contributed by atoms with Crippen LogP contribution in [0.3, 0.4) is 0 Å². The molecule has 1 spiro atoms. The first-order valence-electron chi connectivity index (χ1n) is 7.57. The summed E-state index contributed by atoms with van der Waals surface area (Å²) < 4.78 is 5.77. The zero-order valence-corrected chi connectivity index (χ0v) is 11.2. The van der Waals surface area contributed by atoms with Gasteiger partial charge in [0.25, 0.3) is 0 Å². The molecule has 4 atom stereocenters. The number of hydrogen-bond acceptors (Lipinski definition) is 3. The van der Waals surface area contributed by atoms with Crippen LogP contribution in [0.5, 0.6) is 0 Å². The molecule has 0 radical (unpaired) electrons. The molecule has 0 aromatic rings. The molecule has 0 aromatic heterocycles. The molecular weight excluding hydrogens is 240 g/mol. The van der Waals surface area contributed by atoms with Gasteiger partial charge in [0, 0.05) is 5.41 Å². The number of nitrogens with zero attached hydrogens (tertiary/aromatic N) is 1. The van der Waals surface area contributed by atoms with Gasteiger partial charge < -0.3 is 10.1 Å². The number of ether oxygens (including phenoxy) is 1. The molecule has 2 saturated carbocycles. The Balaban J connectivity index is 1.47. The van der Waals surface area contributed by atoms with Gasteiger partial charge in [-0.05, 0) is 38.5 Å². The molecule has 2 aliphatic carbocycles. The third kappa shape index (κ3) is 1.45. The molecule has 1 N–H and O–H groups in total. The molecule has 2 heterocycles. The van der Waals surface area contributed by atoms with E-state index in [1.165, 1.54) is 12.8 Å². The lowest BCUT2D eigenvalue weighted by molar-refractivity contribution is -0.126. The maximum Gasteiger partial charge on any atom is 0.241 e. The van der Waals surface area contributed by atoms with E-state index in [-0.39, 0.29) is 23.5 Å². The second-order valence-electron chi connectivity index (χ2n) is 6.87. The lowest BCUT2D eigenvalue weighted by Gasteiger charge is -2.23. The van der Waals surface area contributed by atoms with Gasteiger partial charge in [-0.15, -0.1) is 0 Å². The Morgan fingerprint density at radius 2 is 2.11 bits per heavy atom. The molecule has 102 valence electrons. The molecule has 4 heteroatoms. The van der Waals surface area contributed by atoms with E-state index < -0.39 is 5.41 Å². The first kappa shape index (κ1) is 11.7. The Bertz CT molecular complexity index is 463. The van der Waals surface area contributed by atoms with Crippen molar-refractivity contribution in [3.05, 3.63) is 0 Å². The van der Waals surface area contributed by atoms with E-state index in [4.69, 9.17) is 4.74 Å². The van der Waals surface area contributed by atoms with Crippen molar-refractivity contribution >= 4 is 5.91 Å². The summed E-state index contributed by atoms with van der Waals surface area (Å²) in [7, 11) is 0. The fourth-order valence-corrected chi connectivity index (χ4v) is 4.73. The zero-order valence-electron chi connectivity index (χ0n) is 11.2. The largest absolute Gasteiger partial charge is 0.373 e. The summed E-state index contributed by atoms with van der Waals surface area (Å²) in [6.07, 6.45) is 8.90. The topological polar surface area (TPSA) is 62.1 Å². The predicted molar refractivity (Wildman–Crippen MR) is 68.0 cm³/mol. The van der Waals surface area contributed by atoms with Crippen LogP contribution >= 0.6 is 0 Å². The van der Waals surface area contributed by atoms with Crippen molar-refractivity contribution in [1.82, 2.24) is 5.32 Å². The molecule has 0 unspecified atom stereocenters. The average Bonchev–Trinajstić information content (AvgIpc) is 2.87. The van der Waals surface area contributed by atoms with Gasteiger partial charge in [-0.1, -0.05) is 12.8 Å². The molecule has 4 nitrogen and oxygen atoms in total. The van der Waals surface area contributed by atoms with Gasteiger partial charge in [0.2, 0.25) is 5.91 Å². The minimum absolute atomic E-state index is 0.0157. The molecule has 2 bridgehead atoms. The van der Waals surface area contributed by atoms with Crippen LogP contribution in [0.15, 0.2) is 0 Å². The molecule has 4 aliphatic rings. The number of hydrogen-bond donors (Lipinski definition) is 1. The standard InChI is InChI=1S/C15H20N2O2/c16-9-15(8-14(15)5-1-2-6-14)13(18)17-11-7-10-3-4-12(11)19-10/h10-12H,1-8H2,(H,17,18)/t10-,11-,12-,15+/m1/s1. The maximum atomic E-state index is 12.6. The molecule has 1 amide bonds. The van der Waals surface area contributed by atoms with E-state index in [1.54, 1.807) is 0 Å². The number of carbonyl (C=O) groups is 1. The quantitative estimate of drug-likeness (QED) is 0.824. The van der Waals surface area contributed by atoms with E-state index in [2.05, 4.69) is 11.4 Å². The van der Waals surface area contributed by atoms with Crippen LogP contribution in [0, 0.1) is 22.2 Å². The third-order valence-electron chi connectivity index (χ3n) is 5.95. The number of nitriles is 1. The highest BCUT2D eigenvalue weighted by atomic mass is 16.5. The maximum absolute atomic E-state index is 12.6. The third-order valence-corrected chi connectivity index (χ3v) is 5.95. The van der Waals surface area contributed by atoms with Crippen LogP contribution < -0.4 is 5.32 Å². The molecule has 0 aromatic carbocycles. The monoisotopic (exact) mass is 260 g/mol. The predicted octanol–water partition coefficient (Wildman–Crippen LogP) is 1.90. The van der Waals surface area contributed by atoms with Crippen LogP contribution in [0.1, 0.15) is 51.4 Å². The highest BCUT2D eigenvalue weighted by Gasteiger charge is 2.73. The van der Waals surface area contributed by atoms with E-state index in [1.807, 2.05) is 0 Å². The van der Waals surface area contributed by atoms with Gasteiger partial charge >= 0.3 is 0 Å². The number of carbonyl (C=O) groups excluding carboxylic acids is 1. The Kier molecular flexibility index (Phi) is 2.30. The van der Waals surface area contributed by atoms with Gasteiger partial charge in [0.05, 0.1) is 24.3 Å². The highest BCUT2D eigenvalue weighted by molar-refractivity contribution is 5.90. The van der Waals surface area contributed by atoms with E-state index in [0.29, 0.717) is 6.10 Å². The lowest BCUT2D eigenvalue weighted by Crippen LogP contribution is -2.45. The van der Waals surface area contributed by atoms with Crippen LogP contribution in [-0.2, 0) is 9.53 Å². The average molecular weight is 260 g/mol. The first-order valence-corrected chi connectivity index (χ1v) is 7.57. The van der Waals surface area contributed by atoms with Crippen molar-refractivity contribution in [2.75, 3.05) is 0 Å². The fraction of sp³-hybridized carbons (Fsp3) is 0.867. The van der Waals surface area contributed by atoms with Gasteiger partial charge in [0.15, 0.2) is 0 Å². The summed E-state index contributed by atoms with van der Waals surface area (Å²) in [6, 6.07) is 2.50. The number of rotatable bonds is 2. The summed E-state index contributed by atoms with van der Waals surface area (Å²) in [4.78, 5) is 12.6. The number of nitrogens with one attached hydrogen (secondary N) is 1. The van der Waals surface area contributed by atoms with Crippen molar-refractivity contribution in [2.45, 2.75) is 69.6 Å². The van der Waals surface area contributed by atoms with Crippen LogP contribution in [-0.4, -0.2) is 24.2 Å². The van der Waals surface area contributed by atoms with Crippen molar-refractivity contribution in [2.24, 2.45) is 10.8 Å². The Morgan fingerprint density at radius 1 is 1.32 bits per heavy atom.